The number of aryl methyl sites for hydroxylation is 2. The van der Waals surface area contributed by atoms with Crippen LogP contribution in [0.4, 0.5) is 28.7 Å². The van der Waals surface area contributed by atoms with Crippen molar-refractivity contribution in [1.29, 1.82) is 0 Å². The summed E-state index contributed by atoms with van der Waals surface area (Å²) in [5, 5.41) is 21.7. The summed E-state index contributed by atoms with van der Waals surface area (Å²) in [5.74, 6) is 2.57. The molecular formula is C33H47N11O2S2. The molecule has 5 rings (SSSR count). The van der Waals surface area contributed by atoms with Gasteiger partial charge < -0.3 is 26.2 Å². The Hall–Kier alpha value is -4.21. The SMILES string of the molecule is Cc1cccc(CNc2nc(NCCN(C)C)nc(NCC3CCCCC3)n2)c1C.Cc1nnc(NS(=O)c2ccc(NC=O)cc2)s1. The molecule has 2 heterocycles. The second kappa shape index (κ2) is 19.0. The summed E-state index contributed by atoms with van der Waals surface area (Å²) in [6, 6.07) is 13.1. The maximum Gasteiger partial charge on any atom is 0.229 e. The van der Waals surface area contributed by atoms with Crippen molar-refractivity contribution < 1.29 is 9.00 Å². The summed E-state index contributed by atoms with van der Waals surface area (Å²) in [6.07, 6.45) is 7.23. The zero-order chi connectivity index (χ0) is 34.3. The van der Waals surface area contributed by atoms with Crippen molar-refractivity contribution in [3.05, 3.63) is 64.2 Å². The molecule has 1 amide bonds. The van der Waals surface area contributed by atoms with E-state index in [1.165, 1.54) is 60.1 Å². The topological polar surface area (TPSA) is 162 Å². The number of rotatable bonds is 15. The Morgan fingerprint density at radius 1 is 0.896 bits per heavy atom. The van der Waals surface area contributed by atoms with E-state index < -0.39 is 11.0 Å². The summed E-state index contributed by atoms with van der Waals surface area (Å²) >= 11 is 1.34. The molecule has 258 valence electrons. The molecule has 1 fully saturated rings. The second-order valence-corrected chi connectivity index (χ2v) is 14.3. The standard InChI is InChI=1S/C23H37N7.C10H10N4O2S2/c1-17-9-8-12-20(18(17)2)16-26-23-28-21(24-13-14-30(3)4)27-22(29-23)25-15-19-10-6-5-7-11-19;1-7-12-13-10(17-7)14-18(16)9-4-2-8(3-5-9)11-6-15/h8-9,12,19H,5-7,10-11,13-16H2,1-4H3,(H3,24,25,26,27,28,29);2-6H,1H3,(H,11,15)(H,13,14). The molecule has 13 nitrogen and oxygen atoms in total. The number of carbonyl (C=O) groups is 1. The van der Waals surface area contributed by atoms with Crippen molar-refractivity contribution in [2.45, 2.75) is 64.3 Å². The van der Waals surface area contributed by atoms with Crippen molar-refractivity contribution >= 4 is 57.4 Å². The normalized spacial score (nSPS) is 13.6. The molecule has 4 aromatic rings. The molecule has 2 aromatic carbocycles. The highest BCUT2D eigenvalue weighted by molar-refractivity contribution is 7.86. The van der Waals surface area contributed by atoms with Crippen molar-refractivity contribution in [3.63, 3.8) is 0 Å². The number of nitrogens with one attached hydrogen (secondary N) is 5. The molecule has 1 atom stereocenters. The molecule has 0 radical (unpaired) electrons. The predicted octanol–water partition coefficient (Wildman–Crippen LogP) is 5.62. The average Bonchev–Trinajstić information content (AvgIpc) is 3.49. The number of carbonyl (C=O) groups excluding carboxylic acids is 1. The first-order chi connectivity index (χ1) is 23.2. The average molecular weight is 694 g/mol. The van der Waals surface area contributed by atoms with Crippen LogP contribution in [0.25, 0.3) is 0 Å². The Morgan fingerprint density at radius 2 is 1.58 bits per heavy atom. The van der Waals surface area contributed by atoms with E-state index in [1.807, 2.05) is 6.92 Å². The van der Waals surface area contributed by atoms with Crippen molar-refractivity contribution in [2.75, 3.05) is 59.7 Å². The van der Waals surface area contributed by atoms with Crippen LogP contribution in [-0.2, 0) is 22.3 Å². The zero-order valence-corrected chi connectivity index (χ0v) is 30.0. The summed E-state index contributed by atoms with van der Waals surface area (Å²) in [7, 11) is 2.73. The lowest BCUT2D eigenvalue weighted by Gasteiger charge is -2.22. The van der Waals surface area contributed by atoms with Gasteiger partial charge in [-0.05, 0) is 94.6 Å². The number of amides is 1. The quantitative estimate of drug-likeness (QED) is 0.0984. The predicted molar refractivity (Wildman–Crippen MR) is 196 cm³/mol. The van der Waals surface area contributed by atoms with Crippen LogP contribution in [0.1, 0.15) is 53.8 Å². The number of aromatic nitrogens is 5. The molecule has 1 aliphatic carbocycles. The Morgan fingerprint density at radius 3 is 2.23 bits per heavy atom. The first kappa shape index (κ1) is 36.6. The van der Waals surface area contributed by atoms with E-state index in [-0.39, 0.29) is 0 Å². The van der Waals surface area contributed by atoms with Crippen molar-refractivity contribution in [1.82, 2.24) is 30.0 Å². The highest BCUT2D eigenvalue weighted by Gasteiger charge is 2.15. The smallest absolute Gasteiger partial charge is 0.229 e. The van der Waals surface area contributed by atoms with Crippen LogP contribution in [0.2, 0.25) is 0 Å². The van der Waals surface area contributed by atoms with E-state index in [1.54, 1.807) is 24.3 Å². The van der Waals surface area contributed by atoms with Gasteiger partial charge in [-0.15, -0.1) is 10.2 Å². The van der Waals surface area contributed by atoms with E-state index in [0.29, 0.717) is 52.4 Å². The monoisotopic (exact) mass is 693 g/mol. The number of anilines is 5. The minimum Gasteiger partial charge on any atom is -0.354 e. The van der Waals surface area contributed by atoms with Crippen LogP contribution >= 0.6 is 11.3 Å². The van der Waals surface area contributed by atoms with Crippen molar-refractivity contribution in [3.8, 4) is 0 Å². The molecule has 0 aliphatic heterocycles. The van der Waals surface area contributed by atoms with Gasteiger partial charge in [-0.3, -0.25) is 9.52 Å². The highest BCUT2D eigenvalue weighted by atomic mass is 32.2. The third kappa shape index (κ3) is 12.1. The van der Waals surface area contributed by atoms with Crippen LogP contribution in [0.15, 0.2) is 47.4 Å². The lowest BCUT2D eigenvalue weighted by Crippen LogP contribution is -2.23. The van der Waals surface area contributed by atoms with Crippen molar-refractivity contribution in [2.24, 2.45) is 5.92 Å². The Balaban J connectivity index is 0.000000246. The highest BCUT2D eigenvalue weighted by Crippen LogP contribution is 2.24. The Labute approximate surface area is 289 Å². The van der Waals surface area contributed by atoms with Gasteiger partial charge in [0.05, 0.1) is 4.90 Å². The third-order valence-corrected chi connectivity index (χ3v) is 9.87. The van der Waals surface area contributed by atoms with E-state index in [4.69, 9.17) is 0 Å². The molecule has 15 heteroatoms. The van der Waals surface area contributed by atoms with Gasteiger partial charge in [0.2, 0.25) is 29.4 Å². The molecule has 2 aromatic heterocycles. The summed E-state index contributed by atoms with van der Waals surface area (Å²) in [5.41, 5.74) is 4.51. The second-order valence-electron chi connectivity index (χ2n) is 11.9. The van der Waals surface area contributed by atoms with E-state index in [2.05, 4.69) is 102 Å². The van der Waals surface area contributed by atoms with E-state index in [0.717, 1.165) is 24.6 Å². The fourth-order valence-electron chi connectivity index (χ4n) is 5.03. The molecule has 1 unspecified atom stereocenters. The largest absolute Gasteiger partial charge is 0.354 e. The third-order valence-electron chi connectivity index (χ3n) is 7.90. The molecule has 0 saturated heterocycles. The molecule has 5 N–H and O–H groups in total. The van der Waals surface area contributed by atoms with Crippen LogP contribution < -0.4 is 26.0 Å². The number of likely N-dealkylation sites (N-methyl/N-ethyl adjacent to an activating group) is 1. The van der Waals surface area contributed by atoms with Gasteiger partial charge >= 0.3 is 0 Å². The van der Waals surface area contributed by atoms with E-state index in [9.17, 15) is 9.00 Å². The summed E-state index contributed by atoms with van der Waals surface area (Å²) in [4.78, 5) is 26.8. The molecule has 48 heavy (non-hydrogen) atoms. The van der Waals surface area contributed by atoms with Gasteiger partial charge in [-0.2, -0.15) is 15.0 Å². The van der Waals surface area contributed by atoms with Crippen LogP contribution in [0.3, 0.4) is 0 Å². The van der Waals surface area contributed by atoms with Gasteiger partial charge in [0.15, 0.2) is 11.0 Å². The zero-order valence-electron chi connectivity index (χ0n) is 28.4. The maximum atomic E-state index is 11.9. The van der Waals surface area contributed by atoms with Gasteiger partial charge in [-0.25, -0.2) is 4.21 Å². The summed E-state index contributed by atoms with van der Waals surface area (Å²) < 4.78 is 14.7. The lowest BCUT2D eigenvalue weighted by atomic mass is 9.89. The maximum absolute atomic E-state index is 11.9. The van der Waals surface area contributed by atoms with Gasteiger partial charge in [0.25, 0.3) is 0 Å². The van der Waals surface area contributed by atoms with Gasteiger partial charge in [0.1, 0.15) is 5.01 Å². The fraction of sp³-hybridized carbons (Fsp3) is 0.455. The van der Waals surface area contributed by atoms with Crippen LogP contribution in [0.5, 0.6) is 0 Å². The Kier molecular flexibility index (Phi) is 14.5. The first-order valence-electron chi connectivity index (χ1n) is 16.2. The van der Waals surface area contributed by atoms with Gasteiger partial charge in [0, 0.05) is 31.9 Å². The van der Waals surface area contributed by atoms with E-state index >= 15 is 0 Å². The molecular weight excluding hydrogens is 647 g/mol. The number of hydrogen-bond acceptors (Lipinski definition) is 12. The van der Waals surface area contributed by atoms with Crippen LogP contribution in [-0.4, -0.2) is 74.4 Å². The molecule has 1 saturated carbocycles. The minimum absolute atomic E-state index is 0.515. The minimum atomic E-state index is -1.39. The number of benzene rings is 2. The summed E-state index contributed by atoms with van der Waals surface area (Å²) in [6.45, 7) is 9.45. The van der Waals surface area contributed by atoms with Gasteiger partial charge in [-0.1, -0.05) is 48.8 Å². The molecule has 1 aliphatic rings. The number of nitrogens with zero attached hydrogens (tertiary/aromatic N) is 6. The molecule has 0 spiro atoms. The lowest BCUT2D eigenvalue weighted by molar-refractivity contribution is -0.105. The molecule has 0 bridgehead atoms. The van der Waals surface area contributed by atoms with Crippen LogP contribution in [0, 0.1) is 26.7 Å². The Bertz CT molecular complexity index is 1610. The fourth-order valence-corrected chi connectivity index (χ4v) is 6.57. The first-order valence-corrected chi connectivity index (χ1v) is 18.1. The number of hydrogen-bond donors (Lipinski definition) is 5.